The number of hydrogen-bond acceptors (Lipinski definition) is 4. The van der Waals surface area contributed by atoms with Crippen LogP contribution in [0.2, 0.25) is 5.02 Å². The van der Waals surface area contributed by atoms with Crippen LogP contribution in [0.4, 0.5) is 0 Å². The molecule has 0 bridgehead atoms. The molecule has 2 rings (SSSR count). The maximum absolute atomic E-state index is 12.4. The molecular formula is C18H14ClNO3. The summed E-state index contributed by atoms with van der Waals surface area (Å²) in [4.78, 5) is 12.4. The lowest BCUT2D eigenvalue weighted by Crippen LogP contribution is -2.00. The van der Waals surface area contributed by atoms with Gasteiger partial charge in [0.15, 0.2) is 5.78 Å². The van der Waals surface area contributed by atoms with Gasteiger partial charge >= 0.3 is 0 Å². The lowest BCUT2D eigenvalue weighted by Gasteiger charge is -2.10. The van der Waals surface area contributed by atoms with Crippen LogP contribution in [0.5, 0.6) is 11.5 Å². The molecule has 0 heterocycles. The van der Waals surface area contributed by atoms with Gasteiger partial charge in [0.25, 0.3) is 0 Å². The number of hydrogen-bond donors (Lipinski definition) is 0. The summed E-state index contributed by atoms with van der Waals surface area (Å²) < 4.78 is 10.3. The number of benzene rings is 2. The molecule has 4 nitrogen and oxygen atoms in total. The first-order valence-electron chi connectivity index (χ1n) is 6.73. The first kappa shape index (κ1) is 16.6. The monoisotopic (exact) mass is 327 g/mol. The van der Waals surface area contributed by atoms with E-state index in [-0.39, 0.29) is 5.78 Å². The number of rotatable bonds is 5. The molecular weight excluding hydrogens is 314 g/mol. The van der Waals surface area contributed by atoms with Gasteiger partial charge < -0.3 is 9.47 Å². The normalized spacial score (nSPS) is 10.3. The van der Waals surface area contributed by atoms with E-state index >= 15 is 0 Å². The van der Waals surface area contributed by atoms with E-state index in [2.05, 4.69) is 6.07 Å². The van der Waals surface area contributed by atoms with Gasteiger partial charge in [0, 0.05) is 6.07 Å². The number of carbonyl (C=O) groups excluding carboxylic acids is 1. The van der Waals surface area contributed by atoms with Crippen molar-refractivity contribution in [1.29, 1.82) is 5.26 Å². The van der Waals surface area contributed by atoms with Crippen LogP contribution in [-0.2, 0) is 0 Å². The third kappa shape index (κ3) is 3.91. The van der Waals surface area contributed by atoms with Crippen molar-refractivity contribution in [1.82, 2.24) is 0 Å². The van der Waals surface area contributed by atoms with E-state index in [1.54, 1.807) is 30.3 Å². The number of methoxy groups -OCH3 is 2. The average Bonchev–Trinajstić information content (AvgIpc) is 2.59. The Hall–Kier alpha value is -2.77. The van der Waals surface area contributed by atoms with Gasteiger partial charge in [-0.3, -0.25) is 4.79 Å². The van der Waals surface area contributed by atoms with Crippen LogP contribution in [0.1, 0.15) is 21.5 Å². The Morgan fingerprint density at radius 1 is 1.17 bits per heavy atom. The van der Waals surface area contributed by atoms with Crippen LogP contribution >= 0.6 is 11.6 Å². The fourth-order valence-corrected chi connectivity index (χ4v) is 2.27. The van der Waals surface area contributed by atoms with E-state index in [1.807, 2.05) is 6.07 Å². The standard InChI is InChI=1S/C18H14ClNO3/c1-22-17-10-18(23-2)15(19)9-14(17)16(21)7-6-12-4-3-5-13(8-12)11-20/h3-10H,1-2H3/b7-6+. The minimum atomic E-state index is -0.256. The number of nitriles is 1. The number of nitrogens with zero attached hydrogens (tertiary/aromatic N) is 1. The summed E-state index contributed by atoms with van der Waals surface area (Å²) in [6.07, 6.45) is 3.05. The molecule has 0 aromatic heterocycles. The van der Waals surface area contributed by atoms with Crippen molar-refractivity contribution in [3.63, 3.8) is 0 Å². The fourth-order valence-electron chi connectivity index (χ4n) is 2.03. The van der Waals surface area contributed by atoms with Gasteiger partial charge in [-0.05, 0) is 29.8 Å². The lowest BCUT2D eigenvalue weighted by atomic mass is 10.1. The highest BCUT2D eigenvalue weighted by Crippen LogP contribution is 2.33. The molecule has 0 aliphatic heterocycles. The molecule has 0 fully saturated rings. The molecule has 116 valence electrons. The molecule has 0 unspecified atom stereocenters. The van der Waals surface area contributed by atoms with Gasteiger partial charge in [-0.1, -0.05) is 29.8 Å². The SMILES string of the molecule is COc1cc(OC)c(C(=O)/C=C/c2cccc(C#N)c2)cc1Cl. The van der Waals surface area contributed by atoms with Gasteiger partial charge in [-0.25, -0.2) is 0 Å². The summed E-state index contributed by atoms with van der Waals surface area (Å²) >= 11 is 6.07. The third-order valence-electron chi connectivity index (χ3n) is 3.18. The van der Waals surface area contributed by atoms with Gasteiger partial charge in [0.1, 0.15) is 11.5 Å². The molecule has 0 atom stereocenters. The molecule has 0 saturated carbocycles. The Kier molecular flexibility index (Phi) is 5.40. The molecule has 0 aliphatic carbocycles. The van der Waals surface area contributed by atoms with Gasteiger partial charge in [-0.2, -0.15) is 5.26 Å². The zero-order valence-electron chi connectivity index (χ0n) is 12.7. The second kappa shape index (κ2) is 7.48. The van der Waals surface area contributed by atoms with Crippen molar-refractivity contribution in [3.8, 4) is 17.6 Å². The molecule has 0 spiro atoms. The van der Waals surface area contributed by atoms with Gasteiger partial charge in [0.2, 0.25) is 0 Å². The van der Waals surface area contributed by atoms with Crippen molar-refractivity contribution in [2.75, 3.05) is 14.2 Å². The highest BCUT2D eigenvalue weighted by molar-refractivity contribution is 6.32. The number of ether oxygens (including phenoxy) is 2. The Bertz CT molecular complexity index is 806. The second-order valence-corrected chi connectivity index (χ2v) is 5.03. The van der Waals surface area contributed by atoms with Crippen molar-refractivity contribution >= 4 is 23.5 Å². The molecule has 0 amide bonds. The van der Waals surface area contributed by atoms with Crippen molar-refractivity contribution in [2.45, 2.75) is 0 Å². The predicted octanol–water partition coefficient (Wildman–Crippen LogP) is 4.12. The zero-order valence-corrected chi connectivity index (χ0v) is 13.4. The molecule has 0 saturated heterocycles. The Morgan fingerprint density at radius 3 is 2.57 bits per heavy atom. The van der Waals surface area contributed by atoms with E-state index in [4.69, 9.17) is 26.3 Å². The molecule has 2 aromatic rings. The van der Waals surface area contributed by atoms with Crippen molar-refractivity contribution < 1.29 is 14.3 Å². The highest BCUT2D eigenvalue weighted by atomic mass is 35.5. The van der Waals surface area contributed by atoms with Crippen molar-refractivity contribution in [3.05, 3.63) is 64.2 Å². The quantitative estimate of drug-likeness (QED) is 0.612. The number of carbonyl (C=O) groups is 1. The summed E-state index contributed by atoms with van der Waals surface area (Å²) in [5, 5.41) is 9.21. The second-order valence-electron chi connectivity index (χ2n) is 4.62. The lowest BCUT2D eigenvalue weighted by molar-refractivity contribution is 0.104. The minimum absolute atomic E-state index is 0.256. The van der Waals surface area contributed by atoms with E-state index < -0.39 is 0 Å². The summed E-state index contributed by atoms with van der Waals surface area (Å²) in [6.45, 7) is 0. The summed E-state index contributed by atoms with van der Waals surface area (Å²) in [7, 11) is 2.96. The minimum Gasteiger partial charge on any atom is -0.496 e. The zero-order chi connectivity index (χ0) is 16.8. The molecule has 0 N–H and O–H groups in total. The Labute approximate surface area is 139 Å². The molecule has 0 radical (unpaired) electrons. The summed E-state index contributed by atoms with van der Waals surface area (Å²) in [5.41, 5.74) is 1.63. The highest BCUT2D eigenvalue weighted by Gasteiger charge is 2.14. The van der Waals surface area contributed by atoms with E-state index in [1.165, 1.54) is 26.4 Å². The maximum Gasteiger partial charge on any atom is 0.189 e. The first-order valence-corrected chi connectivity index (χ1v) is 7.11. The van der Waals surface area contributed by atoms with E-state index in [9.17, 15) is 4.79 Å². The van der Waals surface area contributed by atoms with E-state index in [0.29, 0.717) is 27.6 Å². The predicted molar refractivity (Wildman–Crippen MR) is 89.1 cm³/mol. The summed E-state index contributed by atoms with van der Waals surface area (Å²) in [5.74, 6) is 0.561. The molecule has 0 aliphatic rings. The van der Waals surface area contributed by atoms with Crippen LogP contribution in [-0.4, -0.2) is 20.0 Å². The topological polar surface area (TPSA) is 59.3 Å². The average molecular weight is 328 g/mol. The Morgan fingerprint density at radius 2 is 1.91 bits per heavy atom. The summed E-state index contributed by atoms with van der Waals surface area (Å²) in [6, 6.07) is 12.1. The smallest absolute Gasteiger partial charge is 0.189 e. The third-order valence-corrected chi connectivity index (χ3v) is 3.48. The van der Waals surface area contributed by atoms with Crippen LogP contribution in [0.25, 0.3) is 6.08 Å². The Balaban J connectivity index is 2.31. The van der Waals surface area contributed by atoms with Gasteiger partial charge in [0.05, 0.1) is 36.4 Å². The number of halogens is 1. The van der Waals surface area contributed by atoms with E-state index in [0.717, 1.165) is 5.56 Å². The molecule has 23 heavy (non-hydrogen) atoms. The van der Waals surface area contributed by atoms with Crippen LogP contribution < -0.4 is 9.47 Å². The molecule has 2 aromatic carbocycles. The van der Waals surface area contributed by atoms with Crippen molar-refractivity contribution in [2.24, 2.45) is 0 Å². The van der Waals surface area contributed by atoms with Crippen LogP contribution in [0.15, 0.2) is 42.5 Å². The number of allylic oxidation sites excluding steroid dienone is 1. The van der Waals surface area contributed by atoms with Crippen LogP contribution in [0, 0.1) is 11.3 Å². The molecule has 5 heteroatoms. The largest absolute Gasteiger partial charge is 0.496 e. The van der Waals surface area contributed by atoms with Gasteiger partial charge in [-0.15, -0.1) is 0 Å². The first-order chi connectivity index (χ1) is 11.1. The maximum atomic E-state index is 12.4. The van der Waals surface area contributed by atoms with Crippen LogP contribution in [0.3, 0.4) is 0 Å². The fraction of sp³-hybridized carbons (Fsp3) is 0.111. The number of ketones is 1.